The Labute approximate surface area is 113 Å². The van der Waals surface area contributed by atoms with E-state index in [9.17, 15) is 9.90 Å². The summed E-state index contributed by atoms with van der Waals surface area (Å²) in [5.74, 6) is 0.765. The Morgan fingerprint density at radius 2 is 2.26 bits per heavy atom. The van der Waals surface area contributed by atoms with Gasteiger partial charge in [0.25, 0.3) is 0 Å². The van der Waals surface area contributed by atoms with Crippen LogP contribution in [0.2, 0.25) is 0 Å². The smallest absolute Gasteiger partial charge is 0.323 e. The van der Waals surface area contributed by atoms with Crippen molar-refractivity contribution in [3.05, 3.63) is 29.8 Å². The number of hydrogen-bond acceptors (Lipinski definition) is 2. The Hall–Kier alpha value is -1.55. The largest absolute Gasteiger partial charge is 0.373 e. The molecule has 3 atom stereocenters. The first-order chi connectivity index (χ1) is 9.15. The van der Waals surface area contributed by atoms with E-state index >= 15 is 0 Å². The van der Waals surface area contributed by atoms with Crippen LogP contribution in [0.15, 0.2) is 24.3 Å². The van der Waals surface area contributed by atoms with Gasteiger partial charge in [-0.05, 0) is 43.4 Å². The molecular formula is C15H20N2O2. The number of aryl methyl sites for hydroxylation is 1. The Balaban J connectivity index is 1.68. The Morgan fingerprint density at radius 1 is 1.42 bits per heavy atom. The number of urea groups is 1. The Morgan fingerprint density at radius 3 is 3.00 bits per heavy atom. The first kappa shape index (κ1) is 12.5. The average Bonchev–Trinajstić information content (AvgIpc) is 2.93. The van der Waals surface area contributed by atoms with Crippen LogP contribution in [0.4, 0.5) is 10.5 Å². The van der Waals surface area contributed by atoms with Crippen LogP contribution in [0.5, 0.6) is 0 Å². The maximum Gasteiger partial charge on any atom is 0.323 e. The fourth-order valence-electron chi connectivity index (χ4n) is 3.40. The monoisotopic (exact) mass is 260 g/mol. The predicted molar refractivity (Wildman–Crippen MR) is 73.7 cm³/mol. The number of carbonyl (C=O) groups excluding carboxylic acids is 1. The zero-order chi connectivity index (χ0) is 13.4. The molecule has 2 N–H and O–H groups in total. The van der Waals surface area contributed by atoms with Crippen molar-refractivity contribution in [3.8, 4) is 0 Å². The third-order valence-corrected chi connectivity index (χ3v) is 4.38. The van der Waals surface area contributed by atoms with Crippen LogP contribution >= 0.6 is 0 Å². The molecule has 1 saturated carbocycles. The van der Waals surface area contributed by atoms with Gasteiger partial charge in [-0.1, -0.05) is 18.6 Å². The number of rotatable bonds is 1. The van der Waals surface area contributed by atoms with E-state index in [1.165, 1.54) is 6.42 Å². The number of nitrogens with one attached hydrogen (secondary N) is 1. The molecule has 0 radical (unpaired) electrons. The van der Waals surface area contributed by atoms with Crippen molar-refractivity contribution in [1.82, 2.24) is 4.90 Å². The third-order valence-electron chi connectivity index (χ3n) is 4.38. The zero-order valence-corrected chi connectivity index (χ0v) is 11.2. The summed E-state index contributed by atoms with van der Waals surface area (Å²) >= 11 is 0. The highest BCUT2D eigenvalue weighted by atomic mass is 16.3. The molecule has 4 heteroatoms. The Bertz CT molecular complexity index is 489. The summed E-state index contributed by atoms with van der Waals surface area (Å²) in [4.78, 5) is 13.8. The number of anilines is 1. The molecule has 1 saturated heterocycles. The minimum Gasteiger partial charge on any atom is -0.373 e. The molecule has 4 nitrogen and oxygen atoms in total. The quantitative estimate of drug-likeness (QED) is 0.815. The fourth-order valence-corrected chi connectivity index (χ4v) is 3.40. The van der Waals surface area contributed by atoms with Crippen LogP contribution in [0, 0.1) is 18.8 Å². The van der Waals surface area contributed by atoms with E-state index in [0.717, 1.165) is 24.1 Å². The minimum absolute atomic E-state index is 0.188. The molecule has 1 heterocycles. The van der Waals surface area contributed by atoms with Gasteiger partial charge in [-0.2, -0.15) is 0 Å². The lowest BCUT2D eigenvalue weighted by atomic mass is 10.00. The van der Waals surface area contributed by atoms with Crippen molar-refractivity contribution in [3.63, 3.8) is 0 Å². The standard InChI is InChI=1S/C15H20N2O2/c1-10-4-2-6-12(8-10)16-15(19)17-9-11-5-3-7-13(11)14(17)18/h2,4,6,8,11,13-14,18H,3,5,7,9H2,1H3,(H,16,19). The maximum atomic E-state index is 12.2. The van der Waals surface area contributed by atoms with Gasteiger partial charge < -0.3 is 10.4 Å². The molecule has 1 aromatic carbocycles. The van der Waals surface area contributed by atoms with Crippen LogP contribution in [0.1, 0.15) is 24.8 Å². The van der Waals surface area contributed by atoms with Gasteiger partial charge in [0.2, 0.25) is 0 Å². The molecule has 2 fully saturated rings. The first-order valence-electron chi connectivity index (χ1n) is 6.97. The highest BCUT2D eigenvalue weighted by molar-refractivity contribution is 5.89. The summed E-state index contributed by atoms with van der Waals surface area (Å²) < 4.78 is 0. The lowest BCUT2D eigenvalue weighted by Gasteiger charge is -2.23. The minimum atomic E-state index is -0.614. The van der Waals surface area contributed by atoms with Crippen molar-refractivity contribution in [2.24, 2.45) is 11.8 Å². The number of aliphatic hydroxyl groups is 1. The van der Waals surface area contributed by atoms with Gasteiger partial charge in [0, 0.05) is 18.2 Å². The van der Waals surface area contributed by atoms with Crippen LogP contribution in [0.25, 0.3) is 0 Å². The van der Waals surface area contributed by atoms with Crippen LogP contribution in [-0.2, 0) is 0 Å². The SMILES string of the molecule is Cc1cccc(NC(=O)N2CC3CCCC3C2O)c1. The summed E-state index contributed by atoms with van der Waals surface area (Å²) in [6.07, 6.45) is 2.74. The molecule has 19 heavy (non-hydrogen) atoms. The number of hydrogen-bond donors (Lipinski definition) is 2. The van der Waals surface area contributed by atoms with E-state index in [-0.39, 0.29) is 11.9 Å². The van der Waals surface area contributed by atoms with E-state index in [0.29, 0.717) is 12.5 Å². The van der Waals surface area contributed by atoms with Crippen LogP contribution < -0.4 is 5.32 Å². The van der Waals surface area contributed by atoms with Gasteiger partial charge >= 0.3 is 6.03 Å². The highest BCUT2D eigenvalue weighted by Gasteiger charge is 2.45. The molecule has 0 spiro atoms. The second-order valence-electron chi connectivity index (χ2n) is 5.72. The maximum absolute atomic E-state index is 12.2. The van der Waals surface area contributed by atoms with Crippen molar-refractivity contribution in [1.29, 1.82) is 0 Å². The number of nitrogens with zero attached hydrogens (tertiary/aromatic N) is 1. The summed E-state index contributed by atoms with van der Waals surface area (Å²) in [5.41, 5.74) is 1.89. The van der Waals surface area contributed by atoms with Gasteiger partial charge in [-0.15, -0.1) is 0 Å². The zero-order valence-electron chi connectivity index (χ0n) is 11.2. The average molecular weight is 260 g/mol. The van der Waals surface area contributed by atoms with E-state index < -0.39 is 6.23 Å². The van der Waals surface area contributed by atoms with E-state index in [4.69, 9.17) is 0 Å². The lowest BCUT2D eigenvalue weighted by molar-refractivity contribution is 0.0331. The molecule has 1 aliphatic carbocycles. The first-order valence-corrected chi connectivity index (χ1v) is 6.97. The lowest BCUT2D eigenvalue weighted by Crippen LogP contribution is -2.40. The van der Waals surface area contributed by atoms with E-state index in [1.807, 2.05) is 31.2 Å². The summed E-state index contributed by atoms with van der Waals surface area (Å²) in [6, 6.07) is 7.52. The van der Waals surface area contributed by atoms with E-state index in [2.05, 4.69) is 5.32 Å². The van der Waals surface area contributed by atoms with Crippen LogP contribution in [0.3, 0.4) is 0 Å². The van der Waals surface area contributed by atoms with Crippen molar-refractivity contribution >= 4 is 11.7 Å². The van der Waals surface area contributed by atoms with Gasteiger partial charge in [0.05, 0.1) is 0 Å². The number of carbonyl (C=O) groups is 1. The Kier molecular flexibility index (Phi) is 3.19. The molecule has 102 valence electrons. The normalized spacial score (nSPS) is 29.4. The molecular weight excluding hydrogens is 240 g/mol. The molecule has 1 aromatic rings. The molecule has 3 unspecified atom stereocenters. The predicted octanol–water partition coefficient (Wildman–Crippen LogP) is 2.58. The second kappa shape index (κ2) is 4.85. The second-order valence-corrected chi connectivity index (χ2v) is 5.72. The van der Waals surface area contributed by atoms with Gasteiger partial charge in [-0.3, -0.25) is 4.90 Å². The molecule has 2 aliphatic rings. The number of amides is 2. The number of benzene rings is 1. The van der Waals surface area contributed by atoms with Crippen LogP contribution in [-0.4, -0.2) is 28.8 Å². The van der Waals surface area contributed by atoms with Gasteiger partial charge in [-0.25, -0.2) is 4.79 Å². The molecule has 0 aromatic heterocycles. The van der Waals surface area contributed by atoms with Gasteiger partial charge in [0.15, 0.2) is 0 Å². The summed E-state index contributed by atoms with van der Waals surface area (Å²) in [6.45, 7) is 2.67. The topological polar surface area (TPSA) is 52.6 Å². The molecule has 3 rings (SSSR count). The van der Waals surface area contributed by atoms with Crippen molar-refractivity contribution in [2.45, 2.75) is 32.4 Å². The molecule has 2 amide bonds. The molecule has 1 aliphatic heterocycles. The number of aliphatic hydroxyl groups excluding tert-OH is 1. The fraction of sp³-hybridized carbons (Fsp3) is 0.533. The number of fused-ring (bicyclic) bond motifs is 1. The summed E-state index contributed by atoms with van der Waals surface area (Å²) in [5, 5.41) is 13.1. The van der Waals surface area contributed by atoms with E-state index in [1.54, 1.807) is 4.90 Å². The summed E-state index contributed by atoms with van der Waals surface area (Å²) in [7, 11) is 0. The van der Waals surface area contributed by atoms with Crippen molar-refractivity contribution in [2.75, 3.05) is 11.9 Å². The number of likely N-dealkylation sites (tertiary alicyclic amines) is 1. The third kappa shape index (κ3) is 2.32. The van der Waals surface area contributed by atoms with Gasteiger partial charge in [0.1, 0.15) is 6.23 Å². The van der Waals surface area contributed by atoms with Crippen molar-refractivity contribution < 1.29 is 9.90 Å². The highest BCUT2D eigenvalue weighted by Crippen LogP contribution is 2.41. The molecule has 0 bridgehead atoms.